The van der Waals surface area contributed by atoms with Gasteiger partial charge in [-0.3, -0.25) is 0 Å². The third-order valence-electron chi connectivity index (χ3n) is 2.89. The number of unbranched alkanes of at least 4 members (excludes halogenated alkanes) is 1. The maximum Gasteiger partial charge on any atom is 0.146 e. The summed E-state index contributed by atoms with van der Waals surface area (Å²) in [4.78, 5) is 4.22. The fraction of sp³-hybridized carbons (Fsp3) is 0.571. The van der Waals surface area contributed by atoms with Gasteiger partial charge in [0.1, 0.15) is 16.9 Å². The van der Waals surface area contributed by atoms with Gasteiger partial charge < -0.3 is 5.32 Å². The van der Waals surface area contributed by atoms with Gasteiger partial charge in [-0.05, 0) is 18.9 Å². The first-order valence-electron chi connectivity index (χ1n) is 6.54. The van der Waals surface area contributed by atoms with Crippen LogP contribution in [0.1, 0.15) is 51.5 Å². The molecule has 4 heteroatoms. The molecule has 0 spiro atoms. The zero-order valence-electron chi connectivity index (χ0n) is 11.0. The number of aromatic nitrogens is 1. The Balaban J connectivity index is 2.77. The number of hydrogen-bond acceptors (Lipinski definition) is 3. The van der Waals surface area contributed by atoms with E-state index in [0.717, 1.165) is 19.3 Å². The summed E-state index contributed by atoms with van der Waals surface area (Å²) in [7, 11) is 0. The van der Waals surface area contributed by atoms with Crippen LogP contribution in [0.5, 0.6) is 0 Å². The van der Waals surface area contributed by atoms with Crippen LogP contribution in [-0.2, 0) is 0 Å². The number of rotatable bonds is 7. The van der Waals surface area contributed by atoms with Crippen molar-refractivity contribution in [2.45, 2.75) is 52.0 Å². The van der Waals surface area contributed by atoms with Crippen LogP contribution < -0.4 is 5.32 Å². The molecule has 18 heavy (non-hydrogen) atoms. The number of pyridine rings is 1. The van der Waals surface area contributed by atoms with Gasteiger partial charge in [0.2, 0.25) is 0 Å². The first-order chi connectivity index (χ1) is 8.72. The second-order valence-corrected chi connectivity index (χ2v) is 4.78. The Hall–Kier alpha value is -1.27. The van der Waals surface area contributed by atoms with Crippen LogP contribution >= 0.6 is 11.6 Å². The van der Waals surface area contributed by atoms with E-state index in [4.69, 9.17) is 16.9 Å². The van der Waals surface area contributed by atoms with Crippen molar-refractivity contribution in [1.29, 1.82) is 5.26 Å². The minimum Gasteiger partial charge on any atom is -0.366 e. The third kappa shape index (κ3) is 4.19. The van der Waals surface area contributed by atoms with Gasteiger partial charge in [0.25, 0.3) is 0 Å². The summed E-state index contributed by atoms with van der Waals surface area (Å²) in [6.07, 6.45) is 7.31. The molecule has 1 unspecified atom stereocenters. The van der Waals surface area contributed by atoms with Crippen molar-refractivity contribution in [2.24, 2.45) is 0 Å². The molecule has 0 bridgehead atoms. The van der Waals surface area contributed by atoms with Crippen LogP contribution in [-0.4, -0.2) is 11.0 Å². The molecule has 1 aromatic heterocycles. The highest BCUT2D eigenvalue weighted by molar-refractivity contribution is 6.34. The Morgan fingerprint density at radius 2 is 2.17 bits per heavy atom. The molecule has 0 aromatic carbocycles. The highest BCUT2D eigenvalue weighted by Crippen LogP contribution is 2.24. The standard InChI is InChI=1S/C14H20ClN3/c1-3-5-7-12(6-4-2)18-14-13(15)11(10-16)8-9-17-14/h8-9,12H,3-7H2,1-2H3,(H,17,18). The Bertz CT molecular complexity index is 412. The average molecular weight is 266 g/mol. The molecule has 0 saturated heterocycles. The van der Waals surface area contributed by atoms with Crippen molar-refractivity contribution in [3.05, 3.63) is 22.8 Å². The van der Waals surface area contributed by atoms with Crippen LogP contribution in [0.3, 0.4) is 0 Å². The summed E-state index contributed by atoms with van der Waals surface area (Å²) in [6.45, 7) is 4.35. The molecule has 0 fully saturated rings. The fourth-order valence-corrected chi connectivity index (χ4v) is 2.12. The minimum absolute atomic E-state index is 0.383. The molecular weight excluding hydrogens is 246 g/mol. The summed E-state index contributed by atoms with van der Waals surface area (Å²) in [6, 6.07) is 4.09. The van der Waals surface area contributed by atoms with Crippen molar-refractivity contribution >= 4 is 17.4 Å². The smallest absolute Gasteiger partial charge is 0.146 e. The molecule has 3 nitrogen and oxygen atoms in total. The molecule has 1 N–H and O–H groups in total. The number of nitrogens with zero attached hydrogens (tertiary/aromatic N) is 2. The molecule has 1 atom stereocenters. The van der Waals surface area contributed by atoms with Crippen LogP contribution in [0.4, 0.5) is 5.82 Å². The van der Waals surface area contributed by atoms with Crippen molar-refractivity contribution in [2.75, 3.05) is 5.32 Å². The maximum absolute atomic E-state index is 8.93. The maximum atomic E-state index is 8.93. The van der Waals surface area contributed by atoms with E-state index in [-0.39, 0.29) is 0 Å². The summed E-state index contributed by atoms with van der Waals surface area (Å²) in [5, 5.41) is 12.7. The van der Waals surface area contributed by atoms with Crippen molar-refractivity contribution < 1.29 is 0 Å². The van der Waals surface area contributed by atoms with Gasteiger partial charge in [-0.1, -0.05) is 44.7 Å². The largest absolute Gasteiger partial charge is 0.366 e. The molecule has 0 aliphatic heterocycles. The Labute approximate surface area is 114 Å². The van der Waals surface area contributed by atoms with E-state index in [1.807, 2.05) is 0 Å². The van der Waals surface area contributed by atoms with Gasteiger partial charge in [0, 0.05) is 12.2 Å². The van der Waals surface area contributed by atoms with Crippen molar-refractivity contribution in [1.82, 2.24) is 4.98 Å². The average Bonchev–Trinajstić information content (AvgIpc) is 2.38. The fourth-order valence-electron chi connectivity index (χ4n) is 1.91. The summed E-state index contributed by atoms with van der Waals surface area (Å²) in [5.74, 6) is 0.630. The lowest BCUT2D eigenvalue weighted by molar-refractivity contribution is 0.563. The molecular formula is C14H20ClN3. The molecule has 1 rings (SSSR count). The Kier molecular flexibility index (Phi) is 6.53. The molecule has 0 radical (unpaired) electrons. The van der Waals surface area contributed by atoms with Gasteiger partial charge in [-0.15, -0.1) is 0 Å². The number of hydrogen-bond donors (Lipinski definition) is 1. The van der Waals surface area contributed by atoms with E-state index in [0.29, 0.717) is 22.4 Å². The van der Waals surface area contributed by atoms with E-state index in [2.05, 4.69) is 30.2 Å². The highest BCUT2D eigenvalue weighted by atomic mass is 35.5. The first-order valence-corrected chi connectivity index (χ1v) is 6.91. The Morgan fingerprint density at radius 3 is 2.78 bits per heavy atom. The third-order valence-corrected chi connectivity index (χ3v) is 3.28. The van der Waals surface area contributed by atoms with Gasteiger partial charge in [0.15, 0.2) is 0 Å². The SMILES string of the molecule is CCCCC(CCC)Nc1nccc(C#N)c1Cl. The monoisotopic (exact) mass is 265 g/mol. The Morgan fingerprint density at radius 1 is 1.39 bits per heavy atom. The highest BCUT2D eigenvalue weighted by Gasteiger charge is 2.12. The molecule has 98 valence electrons. The van der Waals surface area contributed by atoms with Gasteiger partial charge >= 0.3 is 0 Å². The zero-order valence-corrected chi connectivity index (χ0v) is 11.8. The quantitative estimate of drug-likeness (QED) is 0.796. The van der Waals surface area contributed by atoms with E-state index in [1.54, 1.807) is 12.3 Å². The summed E-state index contributed by atoms with van der Waals surface area (Å²) >= 11 is 6.14. The van der Waals surface area contributed by atoms with E-state index in [9.17, 15) is 0 Å². The lowest BCUT2D eigenvalue weighted by Crippen LogP contribution is -2.20. The predicted octanol–water partition coefficient (Wildman–Crippen LogP) is 4.38. The molecule has 0 saturated carbocycles. The predicted molar refractivity (Wildman–Crippen MR) is 75.8 cm³/mol. The van der Waals surface area contributed by atoms with E-state index < -0.39 is 0 Å². The first kappa shape index (κ1) is 14.8. The molecule has 1 heterocycles. The van der Waals surface area contributed by atoms with Gasteiger partial charge in [-0.2, -0.15) is 5.26 Å². The van der Waals surface area contributed by atoms with Gasteiger partial charge in [0.05, 0.1) is 5.56 Å². The number of anilines is 1. The van der Waals surface area contributed by atoms with Gasteiger partial charge in [-0.25, -0.2) is 4.98 Å². The number of nitrogens with one attached hydrogen (secondary N) is 1. The summed E-state index contributed by atoms with van der Waals surface area (Å²) in [5.41, 5.74) is 0.472. The lowest BCUT2D eigenvalue weighted by atomic mass is 10.1. The molecule has 0 amide bonds. The zero-order chi connectivity index (χ0) is 13.4. The van der Waals surface area contributed by atoms with Crippen LogP contribution in [0.2, 0.25) is 5.02 Å². The van der Waals surface area contributed by atoms with E-state index in [1.165, 1.54) is 12.8 Å². The molecule has 0 aliphatic rings. The van der Waals surface area contributed by atoms with Crippen molar-refractivity contribution in [3.8, 4) is 6.07 Å². The second-order valence-electron chi connectivity index (χ2n) is 4.41. The minimum atomic E-state index is 0.383. The van der Waals surface area contributed by atoms with Crippen LogP contribution in [0, 0.1) is 11.3 Å². The second kappa shape index (κ2) is 7.94. The van der Waals surface area contributed by atoms with Crippen LogP contribution in [0.25, 0.3) is 0 Å². The number of halogens is 1. The lowest BCUT2D eigenvalue weighted by Gasteiger charge is -2.19. The molecule has 0 aliphatic carbocycles. The van der Waals surface area contributed by atoms with E-state index >= 15 is 0 Å². The topological polar surface area (TPSA) is 48.7 Å². The van der Waals surface area contributed by atoms with Crippen molar-refractivity contribution in [3.63, 3.8) is 0 Å². The number of nitriles is 1. The normalized spacial score (nSPS) is 11.9. The summed E-state index contributed by atoms with van der Waals surface area (Å²) < 4.78 is 0. The van der Waals surface area contributed by atoms with Crippen LogP contribution in [0.15, 0.2) is 12.3 Å². The molecule has 1 aromatic rings.